The van der Waals surface area contributed by atoms with Crippen molar-refractivity contribution in [3.63, 3.8) is 0 Å². The molecular weight excluding hydrogens is 399 g/mol. The Morgan fingerprint density at radius 2 is 1.70 bits per heavy atom. The predicted molar refractivity (Wildman–Crippen MR) is 99.4 cm³/mol. The molecule has 0 spiro atoms. The third kappa shape index (κ3) is 4.76. The zero-order chi connectivity index (χ0) is 19.5. The summed E-state index contributed by atoms with van der Waals surface area (Å²) in [7, 11) is -3.85. The number of benzene rings is 2. The highest BCUT2D eigenvalue weighted by Crippen LogP contribution is 2.29. The van der Waals surface area contributed by atoms with Gasteiger partial charge in [0.1, 0.15) is 5.82 Å². The van der Waals surface area contributed by atoms with Crippen molar-refractivity contribution in [2.24, 2.45) is 0 Å². The van der Waals surface area contributed by atoms with E-state index in [9.17, 15) is 21.6 Å². The van der Waals surface area contributed by atoms with Crippen LogP contribution in [0.4, 0.5) is 19.0 Å². The predicted octanol–water partition coefficient (Wildman–Crippen LogP) is 4.10. The van der Waals surface area contributed by atoms with E-state index in [-0.39, 0.29) is 11.4 Å². The summed E-state index contributed by atoms with van der Waals surface area (Å²) in [5, 5.41) is 4.16. The van der Waals surface area contributed by atoms with Crippen molar-refractivity contribution in [3.8, 4) is 0 Å². The lowest BCUT2D eigenvalue weighted by atomic mass is 10.2. The van der Waals surface area contributed by atoms with Crippen molar-refractivity contribution in [3.05, 3.63) is 54.1 Å². The minimum Gasteiger partial charge on any atom is -0.369 e. The van der Waals surface area contributed by atoms with E-state index in [0.717, 1.165) is 40.2 Å². The number of fused-ring (bicyclic) bond motifs is 1. The quantitative estimate of drug-likeness (QED) is 0.570. The first-order valence-electron chi connectivity index (χ1n) is 8.02. The number of alkyl halides is 3. The molecule has 0 aliphatic carbocycles. The molecule has 0 atom stereocenters. The minimum atomic E-state index is -4.50. The van der Waals surface area contributed by atoms with Gasteiger partial charge in [0.25, 0.3) is 0 Å². The second kappa shape index (κ2) is 7.83. The van der Waals surface area contributed by atoms with Gasteiger partial charge in [0, 0.05) is 18.5 Å². The molecule has 2 aromatic carbocycles. The number of hydrogen-bond donors (Lipinski definition) is 2. The van der Waals surface area contributed by atoms with Crippen LogP contribution in [0.3, 0.4) is 0 Å². The van der Waals surface area contributed by atoms with E-state index in [4.69, 9.17) is 0 Å². The maximum Gasteiger partial charge on any atom is 0.416 e. The fourth-order valence-electron chi connectivity index (χ4n) is 2.42. The van der Waals surface area contributed by atoms with E-state index in [1.54, 1.807) is 0 Å². The topological polar surface area (TPSA) is 71.1 Å². The lowest BCUT2D eigenvalue weighted by Gasteiger charge is -2.09. The second-order valence-electron chi connectivity index (χ2n) is 5.73. The molecule has 0 radical (unpaired) electrons. The molecule has 0 amide bonds. The van der Waals surface area contributed by atoms with Gasteiger partial charge in [0.15, 0.2) is 0 Å². The largest absolute Gasteiger partial charge is 0.416 e. The Morgan fingerprint density at radius 1 is 1.00 bits per heavy atom. The molecule has 0 fully saturated rings. The number of halogens is 3. The summed E-state index contributed by atoms with van der Waals surface area (Å²) in [4.78, 5) is -0.200. The highest BCUT2D eigenvalue weighted by Gasteiger charge is 2.30. The molecule has 0 aliphatic heterocycles. The zero-order valence-electron chi connectivity index (χ0n) is 14.0. The van der Waals surface area contributed by atoms with Gasteiger partial charge in [-0.1, -0.05) is 12.1 Å². The average molecular weight is 415 g/mol. The number of anilines is 1. The standard InChI is InChI=1S/C17H16F3N3O2S2/c18-17(19,20)12-6-8-13(9-7-12)27(24,25)22-11-3-10-21-16-14-4-1-2-5-15(14)26-23-16/h1-2,4-9,22H,3,10-11H2,(H,21,23). The highest BCUT2D eigenvalue weighted by molar-refractivity contribution is 7.89. The van der Waals surface area contributed by atoms with Crippen LogP contribution < -0.4 is 10.0 Å². The molecule has 0 aliphatic rings. The van der Waals surface area contributed by atoms with Crippen molar-refractivity contribution in [1.29, 1.82) is 0 Å². The van der Waals surface area contributed by atoms with Crippen molar-refractivity contribution in [2.75, 3.05) is 18.4 Å². The van der Waals surface area contributed by atoms with Crippen LogP contribution in [-0.2, 0) is 16.2 Å². The van der Waals surface area contributed by atoms with Crippen LogP contribution in [0, 0.1) is 0 Å². The van der Waals surface area contributed by atoms with Gasteiger partial charge in [-0.25, -0.2) is 13.1 Å². The number of aromatic nitrogens is 1. The molecule has 27 heavy (non-hydrogen) atoms. The second-order valence-corrected chi connectivity index (χ2v) is 8.30. The van der Waals surface area contributed by atoms with Crippen molar-refractivity contribution < 1.29 is 21.6 Å². The van der Waals surface area contributed by atoms with E-state index in [2.05, 4.69) is 14.4 Å². The van der Waals surface area contributed by atoms with Crippen LogP contribution in [0.5, 0.6) is 0 Å². The first-order valence-corrected chi connectivity index (χ1v) is 10.3. The van der Waals surface area contributed by atoms with Crippen LogP contribution in [0.2, 0.25) is 0 Å². The van der Waals surface area contributed by atoms with Gasteiger partial charge in [-0.15, -0.1) is 0 Å². The maximum absolute atomic E-state index is 12.5. The summed E-state index contributed by atoms with van der Waals surface area (Å²) in [6.45, 7) is 0.654. The van der Waals surface area contributed by atoms with Crippen molar-refractivity contribution in [1.82, 2.24) is 9.10 Å². The van der Waals surface area contributed by atoms with E-state index in [1.807, 2.05) is 24.3 Å². The zero-order valence-corrected chi connectivity index (χ0v) is 15.6. The van der Waals surface area contributed by atoms with E-state index < -0.39 is 21.8 Å². The lowest BCUT2D eigenvalue weighted by Crippen LogP contribution is -2.26. The van der Waals surface area contributed by atoms with Crippen LogP contribution in [0.1, 0.15) is 12.0 Å². The summed E-state index contributed by atoms with van der Waals surface area (Å²) in [5.41, 5.74) is -0.888. The summed E-state index contributed by atoms with van der Waals surface area (Å²) >= 11 is 1.38. The minimum absolute atomic E-state index is 0.151. The van der Waals surface area contributed by atoms with Gasteiger partial charge >= 0.3 is 6.18 Å². The molecule has 5 nitrogen and oxygen atoms in total. The van der Waals surface area contributed by atoms with E-state index >= 15 is 0 Å². The van der Waals surface area contributed by atoms with Crippen molar-refractivity contribution >= 4 is 37.5 Å². The number of nitrogens with zero attached hydrogens (tertiary/aromatic N) is 1. The van der Waals surface area contributed by atoms with E-state index in [0.29, 0.717) is 13.0 Å². The Labute approximate surface area is 158 Å². The maximum atomic E-state index is 12.5. The molecule has 2 N–H and O–H groups in total. The van der Waals surface area contributed by atoms with Crippen LogP contribution >= 0.6 is 11.5 Å². The Hall–Kier alpha value is -2.17. The first-order chi connectivity index (χ1) is 12.8. The monoisotopic (exact) mass is 415 g/mol. The molecule has 144 valence electrons. The Kier molecular flexibility index (Phi) is 5.68. The number of hydrogen-bond acceptors (Lipinski definition) is 5. The lowest BCUT2D eigenvalue weighted by molar-refractivity contribution is -0.137. The third-order valence-electron chi connectivity index (χ3n) is 3.81. The molecule has 0 saturated carbocycles. The van der Waals surface area contributed by atoms with Gasteiger partial charge in [0.05, 0.1) is 15.2 Å². The van der Waals surface area contributed by atoms with Crippen LogP contribution in [-0.4, -0.2) is 25.9 Å². The smallest absolute Gasteiger partial charge is 0.369 e. The number of rotatable bonds is 7. The molecule has 3 rings (SSSR count). The fourth-order valence-corrected chi connectivity index (χ4v) is 4.25. The Morgan fingerprint density at radius 3 is 2.41 bits per heavy atom. The number of sulfonamides is 1. The normalized spacial score (nSPS) is 12.4. The molecule has 0 saturated heterocycles. The van der Waals surface area contributed by atoms with Gasteiger partial charge in [-0.3, -0.25) is 0 Å². The van der Waals surface area contributed by atoms with Crippen LogP contribution in [0.15, 0.2) is 53.4 Å². The van der Waals surface area contributed by atoms with Crippen molar-refractivity contribution in [2.45, 2.75) is 17.5 Å². The Balaban J connectivity index is 1.50. The summed E-state index contributed by atoms with van der Waals surface area (Å²) in [6, 6.07) is 11.2. The Bertz CT molecular complexity index is 1020. The molecule has 10 heteroatoms. The SMILES string of the molecule is O=S(=O)(NCCCNc1nsc2ccccc12)c1ccc(C(F)(F)F)cc1. The molecule has 0 unspecified atom stereocenters. The summed E-state index contributed by atoms with van der Waals surface area (Å²) < 4.78 is 69.7. The highest BCUT2D eigenvalue weighted by atomic mass is 32.2. The van der Waals surface area contributed by atoms with Gasteiger partial charge in [-0.05, 0) is 54.4 Å². The fraction of sp³-hybridized carbons (Fsp3) is 0.235. The third-order valence-corrected chi connectivity index (χ3v) is 6.11. The van der Waals surface area contributed by atoms with Gasteiger partial charge in [-0.2, -0.15) is 17.5 Å². The van der Waals surface area contributed by atoms with Gasteiger partial charge < -0.3 is 5.32 Å². The summed E-state index contributed by atoms with van der Waals surface area (Å²) in [6.07, 6.45) is -4.01. The van der Waals surface area contributed by atoms with Crippen LogP contribution in [0.25, 0.3) is 10.1 Å². The molecule has 0 bridgehead atoms. The average Bonchev–Trinajstić information content (AvgIpc) is 3.04. The van der Waals surface area contributed by atoms with Gasteiger partial charge in [0.2, 0.25) is 10.0 Å². The first kappa shape index (κ1) is 19.6. The number of nitrogens with one attached hydrogen (secondary N) is 2. The molecule has 1 aromatic heterocycles. The summed E-state index contributed by atoms with van der Waals surface area (Å²) in [5.74, 6) is 0.751. The van der Waals surface area contributed by atoms with E-state index in [1.165, 1.54) is 11.5 Å². The molecule has 3 aromatic rings. The molecule has 1 heterocycles. The molecular formula is C17H16F3N3O2S2.